The molecule has 0 aromatic heterocycles. The molecule has 0 aliphatic carbocycles. The van der Waals surface area contributed by atoms with Gasteiger partial charge in [-0.3, -0.25) is 0 Å². The zero-order valence-electron chi connectivity index (χ0n) is 38.5. The van der Waals surface area contributed by atoms with Gasteiger partial charge < -0.3 is 9.11 Å². The average molecular weight is 903 g/mol. The minimum absolute atomic E-state index is 0. The minimum Gasteiger partial charge on any atom is -0.744 e. The van der Waals surface area contributed by atoms with Crippen LogP contribution in [0.2, 0.25) is 0 Å². The number of rotatable bonds is 30. The Bertz CT molecular complexity index is 1900. The third-order valence-electron chi connectivity index (χ3n) is 11.9. The summed E-state index contributed by atoms with van der Waals surface area (Å²) in [6.07, 6.45) is 32.4. The fourth-order valence-corrected chi connectivity index (χ4v) is 9.83. The van der Waals surface area contributed by atoms with Crippen molar-refractivity contribution >= 4 is 79.5 Å². The Morgan fingerprint density at radius 2 is 0.623 bits per heavy atom. The molecule has 0 saturated heterocycles. The van der Waals surface area contributed by atoms with Gasteiger partial charge in [-0.25, -0.2) is 16.8 Å². The second kappa shape index (κ2) is 31.4. The van der Waals surface area contributed by atoms with Gasteiger partial charge in [-0.1, -0.05) is 193 Å². The molecule has 0 N–H and O–H groups in total. The van der Waals surface area contributed by atoms with Crippen LogP contribution in [0.5, 0.6) is 0 Å². The fourth-order valence-electron chi connectivity index (χ4n) is 8.32. The van der Waals surface area contributed by atoms with Gasteiger partial charge in [0.2, 0.25) is 0 Å². The summed E-state index contributed by atoms with van der Waals surface area (Å²) in [6.45, 7) is 8.86. The summed E-state index contributed by atoms with van der Waals surface area (Å²) in [5.41, 5.74) is 3.96. The van der Waals surface area contributed by atoms with E-state index in [1.807, 2.05) is 24.3 Å². The molecule has 0 aliphatic rings. The van der Waals surface area contributed by atoms with Crippen LogP contribution in [0.25, 0.3) is 21.5 Å². The van der Waals surface area contributed by atoms with E-state index in [1.165, 1.54) is 140 Å². The van der Waals surface area contributed by atoms with Crippen molar-refractivity contribution in [3.05, 3.63) is 82.9 Å². The summed E-state index contributed by atoms with van der Waals surface area (Å²) < 4.78 is 71.0. The van der Waals surface area contributed by atoms with E-state index >= 15 is 0 Å². The molecule has 4 aromatic rings. The van der Waals surface area contributed by atoms with Crippen LogP contribution in [0.15, 0.2) is 70.5 Å². The summed E-state index contributed by atoms with van der Waals surface area (Å²) in [5.74, 6) is 0. The number of hydrogen-bond acceptors (Lipinski definition) is 6. The van der Waals surface area contributed by atoms with Crippen molar-refractivity contribution in [1.29, 1.82) is 0 Å². The van der Waals surface area contributed by atoms with Crippen LogP contribution < -0.4 is 0 Å². The summed E-state index contributed by atoms with van der Waals surface area (Å²) >= 11 is 0. The predicted octanol–water partition coefficient (Wildman–Crippen LogP) is 14.7. The summed E-state index contributed by atoms with van der Waals surface area (Å²) in [6, 6.07) is 19.5. The Labute approximate surface area is 402 Å². The molecule has 0 aliphatic heterocycles. The maximum Gasteiger partial charge on any atom is 2.00 e. The molecule has 4 aromatic carbocycles. The summed E-state index contributed by atoms with van der Waals surface area (Å²) in [7, 11) is -8.92. The van der Waals surface area contributed by atoms with Crippen molar-refractivity contribution < 1.29 is 25.9 Å². The molecule has 0 fully saturated rings. The van der Waals surface area contributed by atoms with E-state index in [0.717, 1.165) is 60.1 Å². The standard InChI is InChI=1S/2C26H40O3S.Ca/c2*1-3-5-7-9-11-13-15-22-17-18-23-21-26(30(27,28)29)24(20-25(23)19-22)16-14-12-10-8-6-4-2;/h2*17-21H,3-16H2,1-2H3,(H,27,28,29);/q;;+2/p-2. The van der Waals surface area contributed by atoms with Gasteiger partial charge in [0.1, 0.15) is 20.2 Å². The fraction of sp³-hybridized carbons (Fsp3) is 0.615. The van der Waals surface area contributed by atoms with Crippen molar-refractivity contribution in [2.45, 2.75) is 217 Å². The molecule has 0 heterocycles. The van der Waals surface area contributed by atoms with Crippen LogP contribution in [0.4, 0.5) is 0 Å². The summed E-state index contributed by atoms with van der Waals surface area (Å²) in [4.78, 5) is -0.0699. The first-order valence-corrected chi connectivity index (χ1v) is 26.8. The van der Waals surface area contributed by atoms with E-state index in [2.05, 4.69) is 52.0 Å². The molecule has 0 bridgehead atoms. The predicted molar refractivity (Wildman–Crippen MR) is 258 cm³/mol. The van der Waals surface area contributed by atoms with Crippen molar-refractivity contribution in [3.8, 4) is 0 Å². The van der Waals surface area contributed by atoms with E-state index in [4.69, 9.17) is 0 Å². The first kappa shape index (κ1) is 55.6. The molecule has 61 heavy (non-hydrogen) atoms. The van der Waals surface area contributed by atoms with E-state index < -0.39 is 20.2 Å². The van der Waals surface area contributed by atoms with Crippen LogP contribution in [0.1, 0.15) is 204 Å². The smallest absolute Gasteiger partial charge is 0.744 e. The molecule has 0 amide bonds. The monoisotopic (exact) mass is 902 g/mol. The molecular weight excluding hydrogens is 825 g/mol. The largest absolute Gasteiger partial charge is 2.00 e. The van der Waals surface area contributed by atoms with Crippen LogP contribution in [-0.2, 0) is 45.9 Å². The van der Waals surface area contributed by atoms with Crippen molar-refractivity contribution in [1.82, 2.24) is 0 Å². The molecule has 6 nitrogen and oxygen atoms in total. The molecule has 4 rings (SSSR count). The van der Waals surface area contributed by atoms with E-state index in [-0.39, 0.29) is 47.5 Å². The molecule has 0 spiro atoms. The zero-order valence-corrected chi connectivity index (χ0v) is 42.4. The topological polar surface area (TPSA) is 114 Å². The molecule has 0 saturated carbocycles. The number of aryl methyl sites for hydroxylation is 4. The number of unbranched alkanes of at least 4 members (excludes halogenated alkanes) is 20. The van der Waals surface area contributed by atoms with E-state index in [1.54, 1.807) is 12.1 Å². The Balaban J connectivity index is 0.000000413. The molecule has 336 valence electrons. The molecular formula is C52H78CaO6S2. The number of hydrogen-bond donors (Lipinski definition) is 0. The van der Waals surface area contributed by atoms with Gasteiger partial charge in [-0.15, -0.1) is 0 Å². The van der Waals surface area contributed by atoms with Gasteiger partial charge >= 0.3 is 37.7 Å². The zero-order chi connectivity index (χ0) is 43.6. The van der Waals surface area contributed by atoms with Crippen molar-refractivity contribution in [2.24, 2.45) is 0 Å². The van der Waals surface area contributed by atoms with Gasteiger partial charge in [0.05, 0.1) is 9.79 Å². The average Bonchev–Trinajstić information content (AvgIpc) is 3.21. The van der Waals surface area contributed by atoms with Gasteiger partial charge in [0, 0.05) is 0 Å². The van der Waals surface area contributed by atoms with E-state index in [9.17, 15) is 25.9 Å². The second-order valence-corrected chi connectivity index (χ2v) is 20.0. The van der Waals surface area contributed by atoms with Gasteiger partial charge in [-0.2, -0.15) is 0 Å². The maximum absolute atomic E-state index is 11.8. The van der Waals surface area contributed by atoms with Crippen molar-refractivity contribution in [3.63, 3.8) is 0 Å². The minimum atomic E-state index is -4.46. The summed E-state index contributed by atoms with van der Waals surface area (Å²) in [5, 5.41) is 3.77. The first-order valence-electron chi connectivity index (χ1n) is 23.9. The number of fused-ring (bicyclic) bond motifs is 2. The number of benzene rings is 4. The van der Waals surface area contributed by atoms with Crippen LogP contribution in [0, 0.1) is 0 Å². The van der Waals surface area contributed by atoms with Gasteiger partial charge in [-0.05, 0) is 119 Å². The molecule has 9 heteroatoms. The van der Waals surface area contributed by atoms with Crippen LogP contribution >= 0.6 is 0 Å². The van der Waals surface area contributed by atoms with Gasteiger partial charge in [0.15, 0.2) is 0 Å². The first-order chi connectivity index (χ1) is 28.9. The third-order valence-corrected chi connectivity index (χ3v) is 13.8. The Morgan fingerprint density at radius 1 is 0.344 bits per heavy atom. The second-order valence-electron chi connectivity index (χ2n) is 17.3. The molecule has 0 unspecified atom stereocenters. The van der Waals surface area contributed by atoms with Crippen molar-refractivity contribution in [2.75, 3.05) is 0 Å². The SMILES string of the molecule is CCCCCCCCc1ccc2cc(S(=O)(=O)[O-])c(CCCCCCCC)cc2c1.CCCCCCCCc1ccc2cc(S(=O)(=O)[O-])c(CCCCCCCC)cc2c1.[Ca+2]. The van der Waals surface area contributed by atoms with E-state index in [0.29, 0.717) is 24.0 Å². The Morgan fingerprint density at radius 3 is 0.918 bits per heavy atom. The Hall–Kier alpha value is -1.52. The third kappa shape index (κ3) is 21.8. The van der Waals surface area contributed by atoms with Crippen LogP contribution in [-0.4, -0.2) is 63.7 Å². The maximum atomic E-state index is 11.8. The molecule has 0 atom stereocenters. The normalized spacial score (nSPS) is 11.8. The quantitative estimate of drug-likeness (QED) is 0.0292. The molecule has 0 radical (unpaired) electrons. The van der Waals surface area contributed by atoms with Gasteiger partial charge in [0.25, 0.3) is 0 Å². The Kier molecular flexibility index (Phi) is 28.6. The van der Waals surface area contributed by atoms with Crippen LogP contribution in [0.3, 0.4) is 0 Å².